The molecule has 0 aromatic heterocycles. The first-order valence-corrected chi connectivity index (χ1v) is 7.00. The predicted octanol–water partition coefficient (Wildman–Crippen LogP) is 4.25. The molecular formula is C15H12BrF2NO. The molecule has 0 aliphatic carbocycles. The molecule has 2 nitrogen and oxygen atoms in total. The molecule has 2 aromatic carbocycles. The van der Waals surface area contributed by atoms with E-state index in [9.17, 15) is 8.78 Å². The Hall–Kier alpha value is -1.46. The van der Waals surface area contributed by atoms with E-state index in [2.05, 4.69) is 15.9 Å². The van der Waals surface area contributed by atoms with Crippen LogP contribution in [0.15, 0.2) is 40.9 Å². The monoisotopic (exact) mass is 339 g/mol. The van der Waals surface area contributed by atoms with Crippen molar-refractivity contribution in [3.63, 3.8) is 0 Å². The van der Waals surface area contributed by atoms with Gasteiger partial charge in [-0.15, -0.1) is 0 Å². The van der Waals surface area contributed by atoms with Gasteiger partial charge in [-0.3, -0.25) is 0 Å². The van der Waals surface area contributed by atoms with Crippen molar-refractivity contribution in [1.29, 1.82) is 0 Å². The maximum atomic E-state index is 13.9. The molecule has 20 heavy (non-hydrogen) atoms. The maximum Gasteiger partial charge on any atom is 0.130 e. The van der Waals surface area contributed by atoms with Gasteiger partial charge in [0.1, 0.15) is 23.5 Å². The van der Waals surface area contributed by atoms with Gasteiger partial charge >= 0.3 is 0 Å². The Bertz CT molecular complexity index is 662. The lowest BCUT2D eigenvalue weighted by Gasteiger charge is -2.30. The lowest BCUT2D eigenvalue weighted by molar-refractivity contribution is 0.156. The van der Waals surface area contributed by atoms with Crippen molar-refractivity contribution in [1.82, 2.24) is 0 Å². The first-order chi connectivity index (χ1) is 9.54. The summed E-state index contributed by atoms with van der Waals surface area (Å²) in [5.41, 5.74) is 7.24. The summed E-state index contributed by atoms with van der Waals surface area (Å²) in [6.07, 6.45) is -0.0664. The number of benzene rings is 2. The second kappa shape index (κ2) is 5.14. The molecule has 0 spiro atoms. The number of hydrogen-bond donors (Lipinski definition) is 1. The number of nitrogens with two attached hydrogens (primary N) is 1. The highest BCUT2D eigenvalue weighted by atomic mass is 79.9. The van der Waals surface area contributed by atoms with Gasteiger partial charge in [-0.25, -0.2) is 8.78 Å². The third-order valence-corrected chi connectivity index (χ3v) is 3.91. The van der Waals surface area contributed by atoms with Gasteiger partial charge < -0.3 is 10.5 Å². The second-order valence-electron chi connectivity index (χ2n) is 4.80. The third kappa shape index (κ3) is 2.43. The van der Waals surface area contributed by atoms with Crippen LogP contribution in [-0.2, 0) is 0 Å². The van der Waals surface area contributed by atoms with Gasteiger partial charge in [0.15, 0.2) is 0 Å². The van der Waals surface area contributed by atoms with E-state index >= 15 is 0 Å². The molecule has 1 aliphatic rings. The van der Waals surface area contributed by atoms with E-state index in [1.807, 2.05) is 0 Å². The number of fused-ring (bicyclic) bond motifs is 1. The van der Waals surface area contributed by atoms with Crippen LogP contribution in [0.4, 0.5) is 8.78 Å². The number of ether oxygens (including phenoxy) is 1. The smallest absolute Gasteiger partial charge is 0.130 e. The van der Waals surface area contributed by atoms with E-state index in [1.165, 1.54) is 18.2 Å². The Morgan fingerprint density at radius 1 is 1.10 bits per heavy atom. The molecule has 1 unspecified atom stereocenters. The molecule has 0 saturated heterocycles. The fourth-order valence-corrected chi connectivity index (χ4v) is 2.81. The van der Waals surface area contributed by atoms with Crippen LogP contribution in [-0.4, -0.2) is 0 Å². The highest BCUT2D eigenvalue weighted by Gasteiger charge is 2.29. The molecule has 2 atom stereocenters. The summed E-state index contributed by atoms with van der Waals surface area (Å²) in [5.74, 6) is -0.371. The topological polar surface area (TPSA) is 35.2 Å². The Morgan fingerprint density at radius 3 is 2.70 bits per heavy atom. The molecule has 0 fully saturated rings. The number of hydrogen-bond acceptors (Lipinski definition) is 2. The molecule has 5 heteroatoms. The molecule has 0 bridgehead atoms. The summed E-state index contributed by atoms with van der Waals surface area (Å²) in [5, 5.41) is 0. The van der Waals surface area contributed by atoms with Crippen LogP contribution in [0.1, 0.15) is 29.7 Å². The van der Waals surface area contributed by atoms with E-state index in [0.29, 0.717) is 17.7 Å². The zero-order valence-corrected chi connectivity index (χ0v) is 12.0. The molecule has 0 radical (unpaired) electrons. The highest BCUT2D eigenvalue weighted by Crippen LogP contribution is 2.40. The fraction of sp³-hybridized carbons (Fsp3) is 0.200. The quantitative estimate of drug-likeness (QED) is 0.842. The molecule has 1 heterocycles. The van der Waals surface area contributed by atoms with Crippen molar-refractivity contribution < 1.29 is 13.5 Å². The number of halogens is 3. The molecule has 0 amide bonds. The second-order valence-corrected chi connectivity index (χ2v) is 5.71. The Kier molecular flexibility index (Phi) is 3.48. The summed E-state index contributed by atoms with van der Waals surface area (Å²) in [6, 6.07) is 8.60. The van der Waals surface area contributed by atoms with Crippen molar-refractivity contribution in [2.24, 2.45) is 5.73 Å². The average molecular weight is 340 g/mol. The van der Waals surface area contributed by atoms with Gasteiger partial charge in [0, 0.05) is 34.1 Å². The Morgan fingerprint density at radius 2 is 1.90 bits per heavy atom. The first kappa shape index (κ1) is 13.5. The van der Waals surface area contributed by atoms with Gasteiger partial charge in [-0.05, 0) is 24.3 Å². The van der Waals surface area contributed by atoms with Crippen molar-refractivity contribution in [3.05, 3.63) is 63.6 Å². The fourth-order valence-electron chi connectivity index (χ4n) is 2.43. The van der Waals surface area contributed by atoms with Crippen LogP contribution < -0.4 is 10.5 Å². The van der Waals surface area contributed by atoms with Gasteiger partial charge in [0.2, 0.25) is 0 Å². The van der Waals surface area contributed by atoms with Crippen molar-refractivity contribution in [2.75, 3.05) is 0 Å². The maximum absolute atomic E-state index is 13.9. The molecule has 0 saturated carbocycles. The zero-order valence-electron chi connectivity index (χ0n) is 10.4. The Labute approximate surface area is 123 Å². The minimum Gasteiger partial charge on any atom is -0.485 e. The molecular weight excluding hydrogens is 328 g/mol. The number of rotatable bonds is 1. The average Bonchev–Trinajstić information content (AvgIpc) is 2.41. The van der Waals surface area contributed by atoms with Gasteiger partial charge in [-0.2, -0.15) is 0 Å². The first-order valence-electron chi connectivity index (χ1n) is 6.21. The lowest BCUT2D eigenvalue weighted by Crippen LogP contribution is -2.24. The predicted molar refractivity (Wildman–Crippen MR) is 75.4 cm³/mol. The Balaban J connectivity index is 2.00. The van der Waals surface area contributed by atoms with Crippen LogP contribution in [0.25, 0.3) is 0 Å². The minimum absolute atomic E-state index is 0.303. The molecule has 1 aliphatic heterocycles. The summed E-state index contributed by atoms with van der Waals surface area (Å²) >= 11 is 3.31. The lowest BCUT2D eigenvalue weighted by atomic mass is 9.93. The summed E-state index contributed by atoms with van der Waals surface area (Å²) in [6.45, 7) is 0. The molecule has 104 valence electrons. The van der Waals surface area contributed by atoms with E-state index in [4.69, 9.17) is 10.5 Å². The molecule has 2 aromatic rings. The van der Waals surface area contributed by atoms with Crippen molar-refractivity contribution in [2.45, 2.75) is 18.6 Å². The third-order valence-electron chi connectivity index (χ3n) is 3.42. The minimum atomic E-state index is -0.517. The molecule has 2 N–H and O–H groups in total. The summed E-state index contributed by atoms with van der Waals surface area (Å²) in [7, 11) is 0. The van der Waals surface area contributed by atoms with Gasteiger partial charge in [0.25, 0.3) is 0 Å². The summed E-state index contributed by atoms with van der Waals surface area (Å²) < 4.78 is 33.7. The van der Waals surface area contributed by atoms with Crippen molar-refractivity contribution in [3.8, 4) is 5.75 Å². The standard InChI is InChI=1S/C15H12BrF2NO/c16-8-1-4-12(18)11(5-8)15-7-13(19)10-3-2-9(17)6-14(10)20-15/h1-6,13,15H,7,19H2/t13-,15?/m0/s1. The normalized spacial score (nSPS) is 21.2. The van der Waals surface area contributed by atoms with Crippen LogP contribution in [0.2, 0.25) is 0 Å². The van der Waals surface area contributed by atoms with Crippen LogP contribution in [0.5, 0.6) is 5.75 Å². The summed E-state index contributed by atoms with van der Waals surface area (Å²) in [4.78, 5) is 0. The molecule has 3 rings (SSSR count). The van der Waals surface area contributed by atoms with Crippen LogP contribution >= 0.6 is 15.9 Å². The highest BCUT2D eigenvalue weighted by molar-refractivity contribution is 9.10. The van der Waals surface area contributed by atoms with E-state index in [-0.39, 0.29) is 11.9 Å². The van der Waals surface area contributed by atoms with E-state index in [0.717, 1.165) is 10.0 Å². The van der Waals surface area contributed by atoms with Crippen molar-refractivity contribution >= 4 is 15.9 Å². The zero-order chi connectivity index (χ0) is 14.3. The van der Waals surface area contributed by atoms with E-state index < -0.39 is 11.9 Å². The van der Waals surface area contributed by atoms with Crippen LogP contribution in [0, 0.1) is 11.6 Å². The largest absolute Gasteiger partial charge is 0.485 e. The van der Waals surface area contributed by atoms with Crippen LogP contribution in [0.3, 0.4) is 0 Å². The van der Waals surface area contributed by atoms with E-state index in [1.54, 1.807) is 18.2 Å². The SMILES string of the molecule is N[C@H]1CC(c2cc(Br)ccc2F)Oc2cc(F)ccc21. The van der Waals surface area contributed by atoms with Gasteiger partial charge in [-0.1, -0.05) is 22.0 Å². The van der Waals surface area contributed by atoms with Gasteiger partial charge in [0.05, 0.1) is 0 Å².